The third-order valence-electron chi connectivity index (χ3n) is 2.68. The highest BCUT2D eigenvalue weighted by Gasteiger charge is 2.05. The van der Waals surface area contributed by atoms with Crippen molar-refractivity contribution in [1.29, 1.82) is 0 Å². The van der Waals surface area contributed by atoms with Crippen LogP contribution in [0.2, 0.25) is 0 Å². The molecule has 0 aliphatic carbocycles. The van der Waals surface area contributed by atoms with Crippen molar-refractivity contribution in [3.8, 4) is 0 Å². The molecule has 1 heterocycles. The molecule has 0 spiro atoms. The molecule has 2 aromatic rings. The number of aryl methyl sites for hydroxylation is 3. The molecule has 78 valence electrons. The largest absolute Gasteiger partial charge is 0.253 e. The van der Waals surface area contributed by atoms with Gasteiger partial charge < -0.3 is 0 Å². The Morgan fingerprint density at radius 1 is 1.20 bits per heavy atom. The molecule has 2 rings (SSSR count). The number of aromatic nitrogens is 1. The molecule has 0 N–H and O–H groups in total. The third kappa shape index (κ3) is 1.91. The number of pyridine rings is 1. The molecule has 0 amide bonds. The fourth-order valence-electron chi connectivity index (χ4n) is 1.86. The summed E-state index contributed by atoms with van der Waals surface area (Å²) < 4.78 is 1.16. The molecule has 1 nitrogen and oxygen atoms in total. The Bertz CT molecular complexity index is 517. The van der Waals surface area contributed by atoms with Gasteiger partial charge in [0.05, 0.1) is 5.52 Å². The van der Waals surface area contributed by atoms with E-state index >= 15 is 0 Å². The maximum absolute atomic E-state index is 4.57. The van der Waals surface area contributed by atoms with Gasteiger partial charge in [0.1, 0.15) is 0 Å². The second kappa shape index (κ2) is 3.93. The maximum Gasteiger partial charge on any atom is 0.0711 e. The number of halogens is 1. The predicted octanol–water partition coefficient (Wildman–Crippen LogP) is 4.18. The Labute approximate surface area is 98.7 Å². The molecule has 0 atom stereocenters. The van der Waals surface area contributed by atoms with E-state index in [-0.39, 0.29) is 0 Å². The zero-order chi connectivity index (χ0) is 11.0. The number of hydrogen-bond donors (Lipinski definition) is 0. The first-order valence-corrected chi connectivity index (χ1v) is 5.97. The van der Waals surface area contributed by atoms with Crippen molar-refractivity contribution in [3.63, 3.8) is 0 Å². The van der Waals surface area contributed by atoms with E-state index in [1.165, 1.54) is 16.5 Å². The molecule has 0 unspecified atom stereocenters. The molecule has 2 heteroatoms. The third-order valence-corrected chi connectivity index (χ3v) is 3.54. The molecular weight excluding hydrogens is 250 g/mol. The van der Waals surface area contributed by atoms with Crippen molar-refractivity contribution >= 4 is 26.8 Å². The minimum Gasteiger partial charge on any atom is -0.253 e. The van der Waals surface area contributed by atoms with E-state index in [2.05, 4.69) is 59.9 Å². The lowest BCUT2D eigenvalue weighted by atomic mass is 10.0. The second-order valence-electron chi connectivity index (χ2n) is 3.89. The van der Waals surface area contributed by atoms with Gasteiger partial charge in [0.15, 0.2) is 0 Å². The van der Waals surface area contributed by atoms with Crippen LogP contribution in [0.3, 0.4) is 0 Å². The van der Waals surface area contributed by atoms with E-state index in [1.807, 2.05) is 0 Å². The molecular formula is C13H14BrN. The summed E-state index contributed by atoms with van der Waals surface area (Å²) in [6.07, 6.45) is 1.05. The summed E-state index contributed by atoms with van der Waals surface area (Å²) in [5.74, 6) is 0. The lowest BCUT2D eigenvalue weighted by molar-refractivity contribution is 1.12. The zero-order valence-electron chi connectivity index (χ0n) is 9.26. The monoisotopic (exact) mass is 263 g/mol. The Morgan fingerprint density at radius 2 is 1.93 bits per heavy atom. The van der Waals surface area contributed by atoms with E-state index in [4.69, 9.17) is 0 Å². The van der Waals surface area contributed by atoms with Crippen LogP contribution in [-0.2, 0) is 6.42 Å². The lowest BCUT2D eigenvalue weighted by Gasteiger charge is -2.08. The van der Waals surface area contributed by atoms with Gasteiger partial charge in [-0.1, -0.05) is 22.9 Å². The van der Waals surface area contributed by atoms with Crippen LogP contribution in [0, 0.1) is 13.8 Å². The summed E-state index contributed by atoms with van der Waals surface area (Å²) in [4.78, 5) is 4.57. The molecule has 0 fully saturated rings. The summed E-state index contributed by atoms with van der Waals surface area (Å²) in [6, 6.07) is 6.49. The highest BCUT2D eigenvalue weighted by atomic mass is 79.9. The first-order chi connectivity index (χ1) is 7.11. The van der Waals surface area contributed by atoms with Crippen molar-refractivity contribution in [2.45, 2.75) is 27.2 Å². The van der Waals surface area contributed by atoms with Crippen molar-refractivity contribution in [3.05, 3.63) is 39.5 Å². The minimum absolute atomic E-state index is 1.05. The number of nitrogens with zero attached hydrogens (tertiary/aromatic N) is 1. The van der Waals surface area contributed by atoms with Crippen LogP contribution >= 0.6 is 15.9 Å². The Morgan fingerprint density at radius 3 is 2.60 bits per heavy atom. The SMILES string of the molecule is CCc1cc(C)nc2cc(C)c(Br)cc12. The van der Waals surface area contributed by atoms with Crippen LogP contribution in [-0.4, -0.2) is 4.98 Å². The van der Waals surface area contributed by atoms with Crippen molar-refractivity contribution in [1.82, 2.24) is 4.98 Å². The Kier molecular flexibility index (Phi) is 2.79. The van der Waals surface area contributed by atoms with Gasteiger partial charge in [-0.25, -0.2) is 0 Å². The quantitative estimate of drug-likeness (QED) is 0.753. The molecule has 0 saturated carbocycles. The number of benzene rings is 1. The number of rotatable bonds is 1. The van der Waals surface area contributed by atoms with Crippen molar-refractivity contribution < 1.29 is 0 Å². The van der Waals surface area contributed by atoms with Gasteiger partial charge in [-0.3, -0.25) is 4.98 Å². The van der Waals surface area contributed by atoms with Gasteiger partial charge in [0.2, 0.25) is 0 Å². The van der Waals surface area contributed by atoms with Crippen LogP contribution < -0.4 is 0 Å². The molecule has 15 heavy (non-hydrogen) atoms. The highest BCUT2D eigenvalue weighted by molar-refractivity contribution is 9.10. The van der Waals surface area contributed by atoms with Gasteiger partial charge >= 0.3 is 0 Å². The lowest BCUT2D eigenvalue weighted by Crippen LogP contribution is -1.91. The summed E-state index contributed by atoms with van der Waals surface area (Å²) in [5.41, 5.74) is 4.81. The van der Waals surface area contributed by atoms with Gasteiger partial charge in [-0.15, -0.1) is 0 Å². The zero-order valence-corrected chi connectivity index (χ0v) is 10.9. The van der Waals surface area contributed by atoms with E-state index in [9.17, 15) is 0 Å². The fourth-order valence-corrected chi connectivity index (χ4v) is 2.20. The van der Waals surface area contributed by atoms with E-state index in [0.717, 1.165) is 22.1 Å². The van der Waals surface area contributed by atoms with Gasteiger partial charge in [-0.05, 0) is 49.6 Å². The number of fused-ring (bicyclic) bond motifs is 1. The average Bonchev–Trinajstić information content (AvgIpc) is 2.19. The topological polar surface area (TPSA) is 12.9 Å². The second-order valence-corrected chi connectivity index (χ2v) is 4.75. The highest BCUT2D eigenvalue weighted by Crippen LogP contribution is 2.26. The van der Waals surface area contributed by atoms with Crippen LogP contribution in [0.25, 0.3) is 10.9 Å². The first-order valence-electron chi connectivity index (χ1n) is 5.18. The summed E-state index contributed by atoms with van der Waals surface area (Å²) in [7, 11) is 0. The fraction of sp³-hybridized carbons (Fsp3) is 0.308. The summed E-state index contributed by atoms with van der Waals surface area (Å²) in [6.45, 7) is 6.33. The number of hydrogen-bond acceptors (Lipinski definition) is 1. The van der Waals surface area contributed by atoms with E-state index < -0.39 is 0 Å². The van der Waals surface area contributed by atoms with Gasteiger partial charge in [-0.2, -0.15) is 0 Å². The maximum atomic E-state index is 4.57. The van der Waals surface area contributed by atoms with Crippen LogP contribution in [0.5, 0.6) is 0 Å². The predicted molar refractivity (Wildman–Crippen MR) is 68.3 cm³/mol. The molecule has 0 saturated heterocycles. The Balaban J connectivity index is 2.84. The van der Waals surface area contributed by atoms with Gasteiger partial charge in [0.25, 0.3) is 0 Å². The first kappa shape index (κ1) is 10.6. The minimum atomic E-state index is 1.05. The molecule has 1 aromatic carbocycles. The summed E-state index contributed by atoms with van der Waals surface area (Å²) in [5, 5.41) is 1.26. The average molecular weight is 264 g/mol. The van der Waals surface area contributed by atoms with E-state index in [0.29, 0.717) is 0 Å². The van der Waals surface area contributed by atoms with Gasteiger partial charge in [0, 0.05) is 15.6 Å². The normalized spacial score (nSPS) is 10.9. The van der Waals surface area contributed by atoms with Crippen molar-refractivity contribution in [2.24, 2.45) is 0 Å². The summed E-state index contributed by atoms with van der Waals surface area (Å²) >= 11 is 3.57. The standard InChI is InChI=1S/C13H14BrN/c1-4-10-6-9(3)15-13-5-8(2)12(14)7-11(10)13/h5-7H,4H2,1-3H3. The van der Waals surface area contributed by atoms with Crippen molar-refractivity contribution in [2.75, 3.05) is 0 Å². The Hall–Kier alpha value is -0.890. The molecule has 0 aliphatic rings. The smallest absolute Gasteiger partial charge is 0.0711 e. The van der Waals surface area contributed by atoms with Crippen LogP contribution in [0.4, 0.5) is 0 Å². The van der Waals surface area contributed by atoms with Crippen LogP contribution in [0.1, 0.15) is 23.7 Å². The van der Waals surface area contributed by atoms with Crippen LogP contribution in [0.15, 0.2) is 22.7 Å². The molecule has 0 bridgehead atoms. The molecule has 1 aromatic heterocycles. The molecule has 0 aliphatic heterocycles. The molecule has 0 radical (unpaired) electrons. The van der Waals surface area contributed by atoms with E-state index in [1.54, 1.807) is 0 Å².